The molecule has 0 bridgehead atoms. The topological polar surface area (TPSA) is 60.4 Å². The van der Waals surface area contributed by atoms with Gasteiger partial charge in [0, 0.05) is 41.3 Å². The second-order valence-electron chi connectivity index (χ2n) is 6.00. The first kappa shape index (κ1) is 15.4. The fourth-order valence-corrected chi connectivity index (χ4v) is 2.77. The summed E-state index contributed by atoms with van der Waals surface area (Å²) < 4.78 is 8.08. The van der Waals surface area contributed by atoms with Gasteiger partial charge in [-0.05, 0) is 37.6 Å². The van der Waals surface area contributed by atoms with Crippen molar-refractivity contribution in [2.45, 2.75) is 33.0 Å². The van der Waals surface area contributed by atoms with Crippen LogP contribution >= 0.6 is 0 Å². The van der Waals surface area contributed by atoms with Gasteiger partial charge in [-0.3, -0.25) is 0 Å². The third kappa shape index (κ3) is 3.17. The van der Waals surface area contributed by atoms with E-state index in [0.29, 0.717) is 24.9 Å². The second kappa shape index (κ2) is 6.34. The Hall–Kier alpha value is -2.46. The number of nitrogens with two attached hydrogens (primary N) is 1. The molecule has 3 aromatic rings. The van der Waals surface area contributed by atoms with Gasteiger partial charge < -0.3 is 20.1 Å². The Bertz CT molecular complexity index is 821. The van der Waals surface area contributed by atoms with Crippen molar-refractivity contribution in [3.63, 3.8) is 0 Å². The van der Waals surface area contributed by atoms with Crippen molar-refractivity contribution in [2.75, 3.05) is 0 Å². The van der Waals surface area contributed by atoms with Gasteiger partial charge in [0.25, 0.3) is 0 Å². The van der Waals surface area contributed by atoms with Crippen LogP contribution in [-0.4, -0.2) is 9.67 Å². The molecule has 1 aromatic heterocycles. The number of nitrogens with zero attached hydrogens (tertiary/aromatic N) is 1. The molecule has 3 rings (SSSR count). The van der Waals surface area contributed by atoms with Crippen LogP contribution in [-0.2, 0) is 13.2 Å². The van der Waals surface area contributed by atoms with Crippen molar-refractivity contribution >= 4 is 10.9 Å². The number of phenolic OH excluding ortho intramolecular Hbond substituents is 1. The number of aromatic nitrogens is 1. The normalized spacial score (nSPS) is 11.3. The van der Waals surface area contributed by atoms with Gasteiger partial charge in [0.15, 0.2) is 0 Å². The molecule has 120 valence electrons. The van der Waals surface area contributed by atoms with Crippen molar-refractivity contribution in [3.8, 4) is 11.5 Å². The third-order valence-electron chi connectivity index (χ3n) is 3.99. The van der Waals surface area contributed by atoms with Crippen molar-refractivity contribution < 1.29 is 9.84 Å². The summed E-state index contributed by atoms with van der Waals surface area (Å²) >= 11 is 0. The molecule has 0 spiro atoms. The molecule has 0 aliphatic heterocycles. The van der Waals surface area contributed by atoms with Crippen LogP contribution in [0.2, 0.25) is 0 Å². The highest BCUT2D eigenvalue weighted by Gasteiger charge is 2.12. The Morgan fingerprint density at radius 2 is 2.00 bits per heavy atom. The quantitative estimate of drug-likeness (QED) is 0.749. The van der Waals surface area contributed by atoms with Crippen molar-refractivity contribution in [3.05, 3.63) is 59.8 Å². The maximum atomic E-state index is 9.52. The summed E-state index contributed by atoms with van der Waals surface area (Å²) in [5.74, 6) is 0.869. The van der Waals surface area contributed by atoms with Crippen LogP contribution in [0.1, 0.15) is 31.0 Å². The van der Waals surface area contributed by atoms with Crippen molar-refractivity contribution in [2.24, 2.45) is 5.73 Å². The van der Waals surface area contributed by atoms with Gasteiger partial charge in [-0.2, -0.15) is 0 Å². The Balaban J connectivity index is 1.94. The molecule has 4 nitrogen and oxygen atoms in total. The minimum atomic E-state index is 0.208. The Kier molecular flexibility index (Phi) is 4.26. The number of fused-ring (bicyclic) bond motifs is 1. The predicted molar refractivity (Wildman–Crippen MR) is 92.7 cm³/mol. The number of hydrogen-bond donors (Lipinski definition) is 2. The highest BCUT2D eigenvalue weighted by molar-refractivity contribution is 5.84. The lowest BCUT2D eigenvalue weighted by atomic mass is 10.1. The first-order valence-electron chi connectivity index (χ1n) is 7.82. The van der Waals surface area contributed by atoms with Gasteiger partial charge in [0.2, 0.25) is 0 Å². The highest BCUT2D eigenvalue weighted by atomic mass is 16.5. The van der Waals surface area contributed by atoms with E-state index in [0.717, 1.165) is 11.1 Å². The van der Waals surface area contributed by atoms with Gasteiger partial charge in [-0.1, -0.05) is 18.2 Å². The number of phenols is 1. The molecule has 0 saturated heterocycles. The Labute approximate surface area is 136 Å². The Morgan fingerprint density at radius 3 is 2.70 bits per heavy atom. The summed E-state index contributed by atoms with van der Waals surface area (Å²) in [6, 6.07) is 13.5. The molecule has 0 radical (unpaired) electrons. The molecule has 0 aliphatic rings. The monoisotopic (exact) mass is 310 g/mol. The lowest BCUT2D eigenvalue weighted by molar-refractivity contribution is 0.305. The molecule has 3 N–H and O–H groups in total. The summed E-state index contributed by atoms with van der Waals surface area (Å²) in [4.78, 5) is 0. The predicted octanol–water partition coefficient (Wildman–Crippen LogP) is 3.97. The molecule has 0 aliphatic carbocycles. The molecular formula is C19H22N2O2. The van der Waals surface area contributed by atoms with E-state index in [1.165, 1.54) is 10.9 Å². The van der Waals surface area contributed by atoms with E-state index in [1.54, 1.807) is 18.2 Å². The zero-order valence-corrected chi connectivity index (χ0v) is 13.5. The molecular weight excluding hydrogens is 288 g/mol. The maximum absolute atomic E-state index is 9.52. The average Bonchev–Trinajstić information content (AvgIpc) is 2.91. The maximum Gasteiger partial charge on any atom is 0.123 e. The third-order valence-corrected chi connectivity index (χ3v) is 3.99. The van der Waals surface area contributed by atoms with Crippen LogP contribution in [0.4, 0.5) is 0 Å². The molecule has 0 saturated carbocycles. The van der Waals surface area contributed by atoms with Gasteiger partial charge >= 0.3 is 0 Å². The Morgan fingerprint density at radius 1 is 1.17 bits per heavy atom. The van der Waals surface area contributed by atoms with E-state index in [1.807, 2.05) is 6.07 Å². The standard InChI is InChI=1S/C19H22N2O2/c1-13(2)21-11-15(12-23-17-5-3-4-16(22)9-17)18-7-6-14(10-20)8-19(18)21/h3-9,11,13,22H,10,12,20H2,1-2H3. The first-order chi connectivity index (χ1) is 11.1. The van der Waals surface area contributed by atoms with Crippen LogP contribution < -0.4 is 10.5 Å². The van der Waals surface area contributed by atoms with Crippen LogP contribution in [0.15, 0.2) is 48.7 Å². The summed E-state index contributed by atoms with van der Waals surface area (Å²) in [7, 11) is 0. The van der Waals surface area contributed by atoms with Gasteiger partial charge in [0.05, 0.1) is 0 Å². The number of rotatable bonds is 5. The lowest BCUT2D eigenvalue weighted by Crippen LogP contribution is -2.00. The van der Waals surface area contributed by atoms with Crippen LogP contribution in [0.25, 0.3) is 10.9 Å². The zero-order valence-electron chi connectivity index (χ0n) is 13.5. The molecule has 0 amide bonds. The molecule has 2 aromatic carbocycles. The van der Waals surface area contributed by atoms with E-state index in [2.05, 4.69) is 42.8 Å². The van der Waals surface area contributed by atoms with Gasteiger partial charge in [-0.15, -0.1) is 0 Å². The number of ether oxygens (including phenoxy) is 1. The fraction of sp³-hybridized carbons (Fsp3) is 0.263. The summed E-state index contributed by atoms with van der Waals surface area (Å²) in [6.45, 7) is 5.32. The SMILES string of the molecule is CC(C)n1cc(COc2cccc(O)c2)c2ccc(CN)cc21. The molecule has 0 atom stereocenters. The van der Waals surface area contributed by atoms with Crippen molar-refractivity contribution in [1.29, 1.82) is 0 Å². The molecule has 1 heterocycles. The second-order valence-corrected chi connectivity index (χ2v) is 6.00. The van der Waals surface area contributed by atoms with Crippen molar-refractivity contribution in [1.82, 2.24) is 4.57 Å². The summed E-state index contributed by atoms with van der Waals surface area (Å²) in [5.41, 5.74) is 9.19. The fourth-order valence-electron chi connectivity index (χ4n) is 2.77. The van der Waals surface area contributed by atoms with E-state index in [9.17, 15) is 5.11 Å². The zero-order chi connectivity index (χ0) is 16.4. The average molecular weight is 310 g/mol. The molecule has 4 heteroatoms. The number of hydrogen-bond acceptors (Lipinski definition) is 3. The molecule has 23 heavy (non-hydrogen) atoms. The van der Waals surface area contributed by atoms with E-state index in [4.69, 9.17) is 10.5 Å². The minimum Gasteiger partial charge on any atom is -0.508 e. The first-order valence-corrected chi connectivity index (χ1v) is 7.82. The largest absolute Gasteiger partial charge is 0.508 e. The smallest absolute Gasteiger partial charge is 0.123 e. The minimum absolute atomic E-state index is 0.208. The number of benzene rings is 2. The van der Waals surface area contributed by atoms with Gasteiger partial charge in [0.1, 0.15) is 18.1 Å². The lowest BCUT2D eigenvalue weighted by Gasteiger charge is -2.09. The van der Waals surface area contributed by atoms with Crippen LogP contribution in [0.3, 0.4) is 0 Å². The molecule has 0 fully saturated rings. The van der Waals surface area contributed by atoms with Crippen LogP contribution in [0, 0.1) is 0 Å². The van der Waals surface area contributed by atoms with E-state index < -0.39 is 0 Å². The van der Waals surface area contributed by atoms with Crippen LogP contribution in [0.5, 0.6) is 11.5 Å². The van der Waals surface area contributed by atoms with E-state index in [-0.39, 0.29) is 5.75 Å². The summed E-state index contributed by atoms with van der Waals surface area (Å²) in [6.07, 6.45) is 2.14. The molecule has 0 unspecified atom stereocenters. The summed E-state index contributed by atoms with van der Waals surface area (Å²) in [5, 5.41) is 10.7. The highest BCUT2D eigenvalue weighted by Crippen LogP contribution is 2.27. The number of aromatic hydroxyl groups is 1. The van der Waals surface area contributed by atoms with Gasteiger partial charge in [-0.25, -0.2) is 0 Å². The van der Waals surface area contributed by atoms with E-state index >= 15 is 0 Å².